The van der Waals surface area contributed by atoms with Crippen LogP contribution in [-0.4, -0.2) is 20.4 Å². The number of rotatable bonds is 6. The summed E-state index contributed by atoms with van der Waals surface area (Å²) in [6.07, 6.45) is 3.05. The molecule has 7 heteroatoms. The zero-order chi connectivity index (χ0) is 19.2. The second-order valence-corrected chi connectivity index (χ2v) is 6.08. The number of nitrogens with one attached hydrogen (secondary N) is 1. The van der Waals surface area contributed by atoms with Crippen LogP contribution in [0.4, 0.5) is 0 Å². The van der Waals surface area contributed by atoms with E-state index in [1.54, 1.807) is 26.1 Å². The Morgan fingerprint density at radius 1 is 1.15 bits per heavy atom. The molecule has 0 aliphatic heterocycles. The Bertz CT molecular complexity index is 1000. The van der Waals surface area contributed by atoms with E-state index in [1.165, 1.54) is 10.9 Å². The Kier molecular flexibility index (Phi) is 5.61. The molecule has 2 aromatic heterocycles. The molecule has 1 aromatic carbocycles. The van der Waals surface area contributed by atoms with Crippen molar-refractivity contribution in [2.75, 3.05) is 0 Å². The number of hydrogen-bond donors (Lipinski definition) is 1. The van der Waals surface area contributed by atoms with Crippen LogP contribution in [0, 0.1) is 13.8 Å². The van der Waals surface area contributed by atoms with E-state index < -0.39 is 0 Å². The summed E-state index contributed by atoms with van der Waals surface area (Å²) in [5, 5.41) is 2.80. The minimum Gasteiger partial charge on any atom is -0.439 e. The molecule has 0 aliphatic rings. The molecule has 0 radical (unpaired) electrons. The molecular weight excluding hydrogens is 344 g/mol. The molecule has 3 aromatic rings. The zero-order valence-electron chi connectivity index (χ0n) is 15.2. The maximum atomic E-state index is 12.2. The van der Waals surface area contributed by atoms with Crippen molar-refractivity contribution in [2.45, 2.75) is 26.9 Å². The van der Waals surface area contributed by atoms with Gasteiger partial charge in [0.25, 0.3) is 5.56 Å². The van der Waals surface area contributed by atoms with Gasteiger partial charge in [0.2, 0.25) is 11.8 Å². The third kappa shape index (κ3) is 4.78. The van der Waals surface area contributed by atoms with Gasteiger partial charge in [0.15, 0.2) is 0 Å². The molecule has 2 heterocycles. The van der Waals surface area contributed by atoms with Crippen LogP contribution in [0.25, 0.3) is 0 Å². The summed E-state index contributed by atoms with van der Waals surface area (Å²) < 4.78 is 6.99. The van der Waals surface area contributed by atoms with Gasteiger partial charge in [0.05, 0.1) is 6.33 Å². The third-order valence-corrected chi connectivity index (χ3v) is 4.08. The van der Waals surface area contributed by atoms with Gasteiger partial charge in [-0.15, -0.1) is 0 Å². The quantitative estimate of drug-likeness (QED) is 0.726. The number of aryl methyl sites for hydroxylation is 1. The summed E-state index contributed by atoms with van der Waals surface area (Å²) in [5.74, 6) is 0.869. The number of carbonyl (C=O) groups is 1. The number of nitrogens with zero attached hydrogens (tertiary/aromatic N) is 3. The highest BCUT2D eigenvalue weighted by atomic mass is 16.5. The summed E-state index contributed by atoms with van der Waals surface area (Å²) >= 11 is 0. The van der Waals surface area contributed by atoms with Crippen molar-refractivity contribution in [2.24, 2.45) is 0 Å². The maximum absolute atomic E-state index is 12.2. The molecule has 0 atom stereocenters. The lowest BCUT2D eigenvalue weighted by Gasteiger charge is -2.10. The predicted molar refractivity (Wildman–Crippen MR) is 101 cm³/mol. The van der Waals surface area contributed by atoms with Crippen LogP contribution in [0.1, 0.15) is 16.8 Å². The molecule has 3 rings (SSSR count). The molecular formula is C20H20N4O3. The van der Waals surface area contributed by atoms with Crippen LogP contribution in [0.5, 0.6) is 11.6 Å². The SMILES string of the molecule is Cc1ncn(CC(=O)NCc2cccc(Oc3ccccn3)c2)c(=O)c1C. The van der Waals surface area contributed by atoms with Crippen LogP contribution in [0.2, 0.25) is 0 Å². The first kappa shape index (κ1) is 18.3. The second-order valence-electron chi connectivity index (χ2n) is 6.08. The first-order valence-corrected chi connectivity index (χ1v) is 8.50. The van der Waals surface area contributed by atoms with E-state index in [0.717, 1.165) is 5.56 Å². The Labute approximate surface area is 156 Å². The Morgan fingerprint density at radius 2 is 2.00 bits per heavy atom. The van der Waals surface area contributed by atoms with Crippen molar-refractivity contribution in [3.8, 4) is 11.6 Å². The van der Waals surface area contributed by atoms with E-state index in [-0.39, 0.29) is 18.0 Å². The topological polar surface area (TPSA) is 86.1 Å². The molecule has 0 saturated heterocycles. The average Bonchev–Trinajstić information content (AvgIpc) is 2.68. The van der Waals surface area contributed by atoms with Crippen molar-refractivity contribution in [3.63, 3.8) is 0 Å². The van der Waals surface area contributed by atoms with Crippen molar-refractivity contribution < 1.29 is 9.53 Å². The zero-order valence-corrected chi connectivity index (χ0v) is 15.2. The molecule has 0 spiro atoms. The van der Waals surface area contributed by atoms with E-state index in [4.69, 9.17) is 4.74 Å². The highest BCUT2D eigenvalue weighted by Gasteiger charge is 2.08. The van der Waals surface area contributed by atoms with Crippen molar-refractivity contribution in [1.29, 1.82) is 0 Å². The highest BCUT2D eigenvalue weighted by molar-refractivity contribution is 5.75. The van der Waals surface area contributed by atoms with Gasteiger partial charge in [-0.1, -0.05) is 18.2 Å². The second kappa shape index (κ2) is 8.27. The number of carbonyl (C=O) groups excluding carboxylic acids is 1. The summed E-state index contributed by atoms with van der Waals surface area (Å²) in [6.45, 7) is 3.72. The Hall–Kier alpha value is -3.48. The Morgan fingerprint density at radius 3 is 2.78 bits per heavy atom. The first-order chi connectivity index (χ1) is 13.0. The number of aromatic nitrogens is 3. The maximum Gasteiger partial charge on any atom is 0.256 e. The van der Waals surface area contributed by atoms with Gasteiger partial charge in [-0.2, -0.15) is 0 Å². The molecule has 0 bridgehead atoms. The summed E-state index contributed by atoms with van der Waals surface area (Å²) in [5.41, 5.74) is 1.89. The molecule has 0 aliphatic carbocycles. The van der Waals surface area contributed by atoms with Crippen LogP contribution in [0.3, 0.4) is 0 Å². The van der Waals surface area contributed by atoms with Crippen LogP contribution >= 0.6 is 0 Å². The minimum absolute atomic E-state index is 0.0723. The monoisotopic (exact) mass is 364 g/mol. The largest absolute Gasteiger partial charge is 0.439 e. The number of pyridine rings is 1. The first-order valence-electron chi connectivity index (χ1n) is 8.50. The molecule has 138 valence electrons. The summed E-state index contributed by atoms with van der Waals surface area (Å²) in [7, 11) is 0. The standard InChI is InChI=1S/C20H20N4O3/c1-14-15(2)23-13-24(20(14)26)12-18(25)22-11-16-6-5-7-17(10-16)27-19-8-3-4-9-21-19/h3-10,13H,11-12H2,1-2H3,(H,22,25). The molecule has 27 heavy (non-hydrogen) atoms. The Balaban J connectivity index is 1.60. The van der Waals surface area contributed by atoms with Crippen molar-refractivity contribution in [1.82, 2.24) is 19.9 Å². The van der Waals surface area contributed by atoms with Crippen LogP contribution in [-0.2, 0) is 17.9 Å². The van der Waals surface area contributed by atoms with Gasteiger partial charge in [-0.3, -0.25) is 14.2 Å². The minimum atomic E-state index is -0.266. The van der Waals surface area contributed by atoms with E-state index >= 15 is 0 Å². The van der Waals surface area contributed by atoms with E-state index in [2.05, 4.69) is 15.3 Å². The number of hydrogen-bond acceptors (Lipinski definition) is 5. The molecule has 1 N–H and O–H groups in total. The molecule has 7 nitrogen and oxygen atoms in total. The fraction of sp³-hybridized carbons (Fsp3) is 0.200. The number of amides is 1. The molecule has 0 fully saturated rings. The van der Waals surface area contributed by atoms with Crippen LogP contribution < -0.4 is 15.6 Å². The van der Waals surface area contributed by atoms with Crippen LogP contribution in [0.15, 0.2) is 59.8 Å². The smallest absolute Gasteiger partial charge is 0.256 e. The lowest BCUT2D eigenvalue weighted by atomic mass is 10.2. The van der Waals surface area contributed by atoms with E-state index in [1.807, 2.05) is 36.4 Å². The number of ether oxygens (including phenoxy) is 1. The van der Waals surface area contributed by atoms with Crippen molar-refractivity contribution in [3.05, 3.63) is 82.2 Å². The van der Waals surface area contributed by atoms with Gasteiger partial charge in [-0.05, 0) is 37.6 Å². The third-order valence-electron chi connectivity index (χ3n) is 4.08. The number of benzene rings is 1. The average molecular weight is 364 g/mol. The summed E-state index contributed by atoms with van der Waals surface area (Å²) in [6, 6.07) is 12.8. The predicted octanol–water partition coefficient (Wildman–Crippen LogP) is 2.36. The van der Waals surface area contributed by atoms with Crippen molar-refractivity contribution >= 4 is 5.91 Å². The summed E-state index contributed by atoms with van der Waals surface area (Å²) in [4.78, 5) is 32.5. The van der Waals surface area contributed by atoms with E-state index in [0.29, 0.717) is 29.4 Å². The molecule has 0 unspecified atom stereocenters. The van der Waals surface area contributed by atoms with Gasteiger partial charge in [-0.25, -0.2) is 9.97 Å². The van der Waals surface area contributed by atoms with E-state index in [9.17, 15) is 9.59 Å². The molecule has 1 amide bonds. The normalized spacial score (nSPS) is 10.4. The lowest BCUT2D eigenvalue weighted by molar-refractivity contribution is -0.121. The lowest BCUT2D eigenvalue weighted by Crippen LogP contribution is -2.33. The fourth-order valence-electron chi connectivity index (χ4n) is 2.45. The van der Waals surface area contributed by atoms with Gasteiger partial charge >= 0.3 is 0 Å². The van der Waals surface area contributed by atoms with Gasteiger partial charge < -0.3 is 10.1 Å². The van der Waals surface area contributed by atoms with Gasteiger partial charge in [0.1, 0.15) is 12.3 Å². The highest BCUT2D eigenvalue weighted by Crippen LogP contribution is 2.19. The fourth-order valence-corrected chi connectivity index (χ4v) is 2.45. The van der Waals surface area contributed by atoms with Gasteiger partial charge in [0, 0.05) is 30.1 Å². The molecule has 0 saturated carbocycles.